The van der Waals surface area contributed by atoms with Crippen LogP contribution < -0.4 is 5.46 Å². The summed E-state index contributed by atoms with van der Waals surface area (Å²) < 4.78 is 49.2. The Labute approximate surface area is 116 Å². The lowest BCUT2D eigenvalue weighted by atomic mass is 9.75. The van der Waals surface area contributed by atoms with E-state index in [1.54, 1.807) is 24.3 Å². The molecular formula is C14H16BF3O2. The summed E-state index contributed by atoms with van der Waals surface area (Å²) in [6, 6.07) is 6.33. The Bertz CT molecular complexity index is 523. The molecule has 0 aromatic heterocycles. The van der Waals surface area contributed by atoms with Gasteiger partial charge in [-0.2, -0.15) is 13.2 Å². The van der Waals surface area contributed by atoms with Crippen molar-refractivity contribution in [1.82, 2.24) is 0 Å². The molecular weight excluding hydrogens is 268 g/mol. The zero-order valence-corrected chi connectivity index (χ0v) is 11.6. The first-order valence-corrected chi connectivity index (χ1v) is 6.39. The molecule has 1 aliphatic heterocycles. The van der Waals surface area contributed by atoms with E-state index in [0.717, 1.165) is 0 Å². The molecule has 0 saturated carbocycles. The Morgan fingerprint density at radius 3 is 2.45 bits per heavy atom. The van der Waals surface area contributed by atoms with Crippen LogP contribution in [-0.2, 0) is 15.7 Å². The quantitative estimate of drug-likeness (QED) is 0.776. The molecule has 0 N–H and O–H groups in total. The third-order valence-electron chi connectivity index (χ3n) is 3.19. The minimum atomic E-state index is -4.26. The Balaban J connectivity index is 2.31. The van der Waals surface area contributed by atoms with Gasteiger partial charge in [-0.1, -0.05) is 24.3 Å². The smallest absolute Gasteiger partial charge is 0.534 e. The molecule has 0 spiro atoms. The molecule has 0 amide bonds. The lowest BCUT2D eigenvalue weighted by Gasteiger charge is -2.17. The Hall–Kier alpha value is -1.43. The van der Waals surface area contributed by atoms with E-state index in [1.165, 1.54) is 6.07 Å². The van der Waals surface area contributed by atoms with Crippen molar-refractivity contribution in [3.8, 4) is 0 Å². The molecule has 2 nitrogen and oxygen atoms in total. The molecule has 0 bridgehead atoms. The third-order valence-corrected chi connectivity index (χ3v) is 3.19. The summed E-state index contributed by atoms with van der Waals surface area (Å²) in [5.74, 6) is 0.629. The molecule has 20 heavy (non-hydrogen) atoms. The Kier molecular flexibility index (Phi) is 3.87. The molecule has 108 valence electrons. The van der Waals surface area contributed by atoms with E-state index in [1.807, 2.05) is 20.8 Å². The third kappa shape index (κ3) is 3.18. The normalized spacial score (nSPS) is 20.3. The van der Waals surface area contributed by atoms with Crippen molar-refractivity contribution in [2.45, 2.75) is 39.0 Å². The summed E-state index contributed by atoms with van der Waals surface area (Å²) in [7, 11) is -0.797. The van der Waals surface area contributed by atoms with Crippen molar-refractivity contribution in [2.24, 2.45) is 0 Å². The van der Waals surface area contributed by atoms with Crippen LogP contribution in [0.3, 0.4) is 0 Å². The molecule has 1 heterocycles. The van der Waals surface area contributed by atoms with Crippen molar-refractivity contribution in [2.75, 3.05) is 0 Å². The molecule has 1 aromatic rings. The second-order valence-electron chi connectivity index (χ2n) is 5.22. The minimum absolute atomic E-state index is 0.179. The highest BCUT2D eigenvalue weighted by Gasteiger charge is 2.45. The Morgan fingerprint density at radius 1 is 1.25 bits per heavy atom. The highest BCUT2D eigenvalue weighted by molar-refractivity contribution is 6.62. The van der Waals surface area contributed by atoms with Crippen molar-refractivity contribution >= 4 is 12.6 Å². The number of benzene rings is 1. The van der Waals surface area contributed by atoms with Crippen LogP contribution in [0.25, 0.3) is 0 Å². The summed E-state index contributed by atoms with van der Waals surface area (Å²) in [5, 5.41) is 0. The van der Waals surface area contributed by atoms with Crippen LogP contribution in [0.4, 0.5) is 13.2 Å². The van der Waals surface area contributed by atoms with E-state index in [0.29, 0.717) is 11.2 Å². The fraction of sp³-hybridized carbons (Fsp3) is 0.429. The van der Waals surface area contributed by atoms with Crippen LogP contribution in [0.1, 0.15) is 26.3 Å². The van der Waals surface area contributed by atoms with Gasteiger partial charge in [0.25, 0.3) is 0 Å². The lowest BCUT2D eigenvalue weighted by molar-refractivity contribution is -0.127. The molecule has 6 heteroatoms. The molecule has 1 aliphatic rings. The van der Waals surface area contributed by atoms with Crippen molar-refractivity contribution in [1.29, 1.82) is 0 Å². The number of hydrogen-bond donors (Lipinski definition) is 0. The fourth-order valence-electron chi connectivity index (χ4n) is 2.29. The summed E-state index contributed by atoms with van der Waals surface area (Å²) in [5.41, 5.74) is -0.0296. The monoisotopic (exact) mass is 284 g/mol. The standard InChI is InChI=1S/C14H16BF3O2/c1-4-12-13(2,3)20-15(19-12)11-8-6-5-7-10(11)9-14(16,17)18/h4-8H,9H2,1-3H3/b12-4+. The maximum Gasteiger partial charge on any atom is 0.563 e. The summed E-state index contributed by atoms with van der Waals surface area (Å²) >= 11 is 0. The van der Waals surface area contributed by atoms with Gasteiger partial charge in [0.2, 0.25) is 0 Å². The number of alkyl halides is 3. The van der Waals surface area contributed by atoms with Crippen molar-refractivity contribution < 1.29 is 22.5 Å². The van der Waals surface area contributed by atoms with Crippen molar-refractivity contribution in [3.05, 3.63) is 41.7 Å². The molecule has 0 radical (unpaired) electrons. The largest absolute Gasteiger partial charge is 0.563 e. The van der Waals surface area contributed by atoms with Gasteiger partial charge in [-0.15, -0.1) is 0 Å². The van der Waals surface area contributed by atoms with Gasteiger partial charge < -0.3 is 9.31 Å². The number of halogens is 3. The molecule has 1 aromatic carbocycles. The second-order valence-corrected chi connectivity index (χ2v) is 5.22. The van der Waals surface area contributed by atoms with Gasteiger partial charge in [0.1, 0.15) is 11.4 Å². The maximum absolute atomic E-state index is 12.6. The van der Waals surface area contributed by atoms with E-state index in [9.17, 15) is 13.2 Å². The van der Waals surface area contributed by atoms with E-state index in [2.05, 4.69) is 0 Å². The van der Waals surface area contributed by atoms with Crippen LogP contribution in [0, 0.1) is 0 Å². The first-order chi connectivity index (χ1) is 9.23. The van der Waals surface area contributed by atoms with Crippen LogP contribution in [0.2, 0.25) is 0 Å². The van der Waals surface area contributed by atoms with Gasteiger partial charge in [0.05, 0.1) is 6.42 Å². The maximum atomic E-state index is 12.6. The number of rotatable bonds is 2. The summed E-state index contributed by atoms with van der Waals surface area (Å²) in [6.45, 7) is 5.47. The average Bonchev–Trinajstić information content (AvgIpc) is 2.63. The van der Waals surface area contributed by atoms with Gasteiger partial charge in [-0.3, -0.25) is 0 Å². The fourth-order valence-corrected chi connectivity index (χ4v) is 2.29. The summed E-state index contributed by atoms with van der Waals surface area (Å²) in [6.07, 6.45) is -3.47. The molecule has 1 saturated heterocycles. The van der Waals surface area contributed by atoms with E-state index < -0.39 is 25.3 Å². The Morgan fingerprint density at radius 2 is 1.90 bits per heavy atom. The summed E-state index contributed by atoms with van der Waals surface area (Å²) in [4.78, 5) is 0. The first kappa shape index (κ1) is 15.0. The van der Waals surface area contributed by atoms with Gasteiger partial charge in [-0.25, -0.2) is 0 Å². The number of hydrogen-bond acceptors (Lipinski definition) is 2. The average molecular weight is 284 g/mol. The van der Waals surface area contributed by atoms with E-state index in [4.69, 9.17) is 9.31 Å². The lowest BCUT2D eigenvalue weighted by Crippen LogP contribution is -2.37. The predicted octanol–water partition coefficient (Wildman–Crippen LogP) is 3.22. The predicted molar refractivity (Wildman–Crippen MR) is 71.6 cm³/mol. The molecule has 0 unspecified atom stereocenters. The van der Waals surface area contributed by atoms with Gasteiger partial charge >= 0.3 is 13.3 Å². The van der Waals surface area contributed by atoms with Gasteiger partial charge in [-0.05, 0) is 32.4 Å². The SMILES string of the molecule is C/C=C1/OB(c2ccccc2CC(F)(F)F)OC1(C)C. The van der Waals surface area contributed by atoms with Crippen molar-refractivity contribution in [3.63, 3.8) is 0 Å². The van der Waals surface area contributed by atoms with Crippen LogP contribution in [0.15, 0.2) is 36.1 Å². The molecule has 0 atom stereocenters. The molecule has 2 rings (SSSR count). The second kappa shape index (κ2) is 5.16. The van der Waals surface area contributed by atoms with Crippen LogP contribution in [0.5, 0.6) is 0 Å². The zero-order valence-electron chi connectivity index (χ0n) is 11.6. The molecule has 0 aliphatic carbocycles. The van der Waals surface area contributed by atoms with Crippen LogP contribution >= 0.6 is 0 Å². The number of allylic oxidation sites excluding steroid dienone is 1. The van der Waals surface area contributed by atoms with Crippen LogP contribution in [-0.4, -0.2) is 18.9 Å². The van der Waals surface area contributed by atoms with E-state index in [-0.39, 0.29) is 5.56 Å². The topological polar surface area (TPSA) is 18.5 Å². The molecule has 1 fully saturated rings. The zero-order chi connectivity index (χ0) is 15.0. The van der Waals surface area contributed by atoms with Gasteiger partial charge in [0.15, 0.2) is 0 Å². The highest BCUT2D eigenvalue weighted by Crippen LogP contribution is 2.31. The van der Waals surface area contributed by atoms with E-state index >= 15 is 0 Å². The van der Waals surface area contributed by atoms with Gasteiger partial charge in [0, 0.05) is 5.46 Å². The first-order valence-electron chi connectivity index (χ1n) is 6.39. The minimum Gasteiger partial charge on any atom is -0.534 e. The highest BCUT2D eigenvalue weighted by atomic mass is 19.4.